The van der Waals surface area contributed by atoms with Gasteiger partial charge >= 0.3 is 0 Å². The van der Waals surface area contributed by atoms with Gasteiger partial charge in [-0.25, -0.2) is 19.6 Å². The fourth-order valence-corrected chi connectivity index (χ4v) is 2.67. The summed E-state index contributed by atoms with van der Waals surface area (Å²) in [5.41, 5.74) is 0.582. The normalized spacial score (nSPS) is 14.8. The van der Waals surface area contributed by atoms with E-state index in [2.05, 4.69) is 25.0 Å². The Morgan fingerprint density at radius 3 is 2.62 bits per heavy atom. The smallest absolute Gasteiger partial charge is 0.257 e. The zero-order chi connectivity index (χ0) is 16.4. The molecular formula is C15H15N7O2. The van der Waals surface area contributed by atoms with Crippen molar-refractivity contribution in [1.29, 1.82) is 0 Å². The minimum Gasteiger partial charge on any atom is -0.472 e. The second-order valence-electron chi connectivity index (χ2n) is 5.37. The largest absolute Gasteiger partial charge is 0.472 e. The SMILES string of the molecule is O=C(c1ccoc1)N1CCN(c2cc(-n3cncn3)ncn2)CC1. The third-order valence-corrected chi connectivity index (χ3v) is 3.95. The zero-order valence-electron chi connectivity index (χ0n) is 12.8. The van der Waals surface area contributed by atoms with Gasteiger partial charge in [0, 0.05) is 32.2 Å². The number of carbonyl (C=O) groups is 1. The lowest BCUT2D eigenvalue weighted by molar-refractivity contribution is 0.0746. The van der Waals surface area contributed by atoms with E-state index in [1.807, 2.05) is 11.0 Å². The number of hydrogen-bond acceptors (Lipinski definition) is 7. The zero-order valence-corrected chi connectivity index (χ0v) is 12.8. The van der Waals surface area contributed by atoms with Gasteiger partial charge in [0.25, 0.3) is 5.91 Å². The molecule has 0 bridgehead atoms. The summed E-state index contributed by atoms with van der Waals surface area (Å²) in [5, 5.41) is 4.07. The molecule has 0 unspecified atom stereocenters. The molecule has 0 spiro atoms. The molecule has 4 heterocycles. The highest BCUT2D eigenvalue weighted by molar-refractivity contribution is 5.94. The first kappa shape index (κ1) is 14.4. The molecule has 1 saturated heterocycles. The standard InChI is InChI=1S/C15H15N7O2/c23-15(12-1-6-24-8-12)21-4-2-20(3-5-21)13-7-14(18-10-17-13)22-11-16-9-19-22/h1,6-11H,2-5H2. The van der Waals surface area contributed by atoms with Gasteiger partial charge in [-0.2, -0.15) is 5.10 Å². The Balaban J connectivity index is 1.44. The number of nitrogens with zero attached hydrogens (tertiary/aromatic N) is 7. The van der Waals surface area contributed by atoms with Gasteiger partial charge in [-0.1, -0.05) is 0 Å². The van der Waals surface area contributed by atoms with Crippen molar-refractivity contribution in [2.75, 3.05) is 31.1 Å². The molecule has 3 aromatic rings. The van der Waals surface area contributed by atoms with Crippen LogP contribution in [0, 0.1) is 0 Å². The van der Waals surface area contributed by atoms with Crippen LogP contribution in [0.5, 0.6) is 0 Å². The predicted octanol–water partition coefficient (Wildman–Crippen LogP) is 0.613. The molecule has 0 aliphatic carbocycles. The van der Waals surface area contributed by atoms with Crippen LogP contribution in [0.3, 0.4) is 0 Å². The van der Waals surface area contributed by atoms with Crippen LogP contribution in [0.1, 0.15) is 10.4 Å². The van der Waals surface area contributed by atoms with Crippen molar-refractivity contribution >= 4 is 11.7 Å². The second kappa shape index (κ2) is 6.11. The highest BCUT2D eigenvalue weighted by Crippen LogP contribution is 2.16. The maximum absolute atomic E-state index is 12.3. The number of anilines is 1. The van der Waals surface area contributed by atoms with Gasteiger partial charge in [-0.3, -0.25) is 4.79 Å². The Morgan fingerprint density at radius 2 is 1.92 bits per heavy atom. The van der Waals surface area contributed by atoms with Crippen LogP contribution in [0.25, 0.3) is 5.82 Å². The Hall–Kier alpha value is -3.23. The lowest BCUT2D eigenvalue weighted by atomic mass is 10.2. The summed E-state index contributed by atoms with van der Waals surface area (Å²) in [5.74, 6) is 1.47. The Morgan fingerprint density at radius 1 is 1.08 bits per heavy atom. The van der Waals surface area contributed by atoms with Crippen molar-refractivity contribution in [3.05, 3.63) is 49.2 Å². The number of amides is 1. The lowest BCUT2D eigenvalue weighted by Gasteiger charge is -2.35. The molecule has 1 fully saturated rings. The maximum atomic E-state index is 12.3. The van der Waals surface area contributed by atoms with Gasteiger partial charge in [0.05, 0.1) is 11.8 Å². The number of aromatic nitrogens is 5. The van der Waals surface area contributed by atoms with E-state index in [1.54, 1.807) is 17.1 Å². The maximum Gasteiger partial charge on any atom is 0.257 e. The molecule has 0 radical (unpaired) electrons. The van der Waals surface area contributed by atoms with Crippen LogP contribution in [0.2, 0.25) is 0 Å². The van der Waals surface area contributed by atoms with Crippen molar-refractivity contribution in [1.82, 2.24) is 29.6 Å². The van der Waals surface area contributed by atoms with Gasteiger partial charge in [0.2, 0.25) is 0 Å². The molecule has 0 saturated carbocycles. The summed E-state index contributed by atoms with van der Waals surface area (Å²) >= 11 is 0. The summed E-state index contributed by atoms with van der Waals surface area (Å²) in [7, 11) is 0. The van der Waals surface area contributed by atoms with Gasteiger partial charge in [0.15, 0.2) is 5.82 Å². The van der Waals surface area contributed by atoms with Gasteiger partial charge in [0.1, 0.15) is 31.1 Å². The molecule has 9 nitrogen and oxygen atoms in total. The number of hydrogen-bond donors (Lipinski definition) is 0. The van der Waals surface area contributed by atoms with Crippen LogP contribution in [0.15, 0.2) is 48.1 Å². The molecule has 1 aliphatic heterocycles. The molecule has 0 N–H and O–H groups in total. The lowest BCUT2D eigenvalue weighted by Crippen LogP contribution is -2.49. The van der Waals surface area contributed by atoms with Crippen LogP contribution < -0.4 is 4.90 Å². The fraction of sp³-hybridized carbons (Fsp3) is 0.267. The van der Waals surface area contributed by atoms with E-state index in [1.165, 1.54) is 25.2 Å². The van der Waals surface area contributed by atoms with Crippen LogP contribution >= 0.6 is 0 Å². The number of rotatable bonds is 3. The van der Waals surface area contributed by atoms with E-state index in [0.717, 1.165) is 5.82 Å². The van der Waals surface area contributed by atoms with Crippen LogP contribution in [0.4, 0.5) is 5.82 Å². The van der Waals surface area contributed by atoms with Crippen molar-refractivity contribution in [2.24, 2.45) is 0 Å². The third kappa shape index (κ3) is 2.71. The molecule has 4 rings (SSSR count). The van der Waals surface area contributed by atoms with Crippen LogP contribution in [-0.4, -0.2) is 61.7 Å². The van der Waals surface area contributed by atoms with Gasteiger partial charge < -0.3 is 14.2 Å². The van der Waals surface area contributed by atoms with E-state index in [-0.39, 0.29) is 5.91 Å². The van der Waals surface area contributed by atoms with Crippen molar-refractivity contribution in [3.8, 4) is 5.82 Å². The molecule has 0 aromatic carbocycles. The van der Waals surface area contributed by atoms with Crippen molar-refractivity contribution < 1.29 is 9.21 Å². The summed E-state index contributed by atoms with van der Waals surface area (Å²) in [6.45, 7) is 2.67. The molecule has 1 amide bonds. The minimum atomic E-state index is -0.00519. The quantitative estimate of drug-likeness (QED) is 0.696. The van der Waals surface area contributed by atoms with E-state index in [4.69, 9.17) is 4.42 Å². The molecule has 3 aromatic heterocycles. The topological polar surface area (TPSA) is 93.2 Å². The Kier molecular flexibility index (Phi) is 3.66. The van der Waals surface area contributed by atoms with Crippen molar-refractivity contribution in [2.45, 2.75) is 0 Å². The monoisotopic (exact) mass is 325 g/mol. The first-order chi connectivity index (χ1) is 11.8. The molecule has 24 heavy (non-hydrogen) atoms. The number of furan rings is 1. The number of carbonyl (C=O) groups excluding carboxylic acids is 1. The van der Waals surface area contributed by atoms with Gasteiger partial charge in [-0.05, 0) is 6.07 Å². The highest BCUT2D eigenvalue weighted by Gasteiger charge is 2.23. The summed E-state index contributed by atoms with van der Waals surface area (Å²) in [6.07, 6.45) is 7.55. The second-order valence-corrected chi connectivity index (χ2v) is 5.37. The highest BCUT2D eigenvalue weighted by atomic mass is 16.3. The van der Waals surface area contributed by atoms with E-state index < -0.39 is 0 Å². The summed E-state index contributed by atoms with van der Waals surface area (Å²) < 4.78 is 6.56. The first-order valence-corrected chi connectivity index (χ1v) is 7.55. The van der Waals surface area contributed by atoms with Crippen LogP contribution in [-0.2, 0) is 0 Å². The van der Waals surface area contributed by atoms with E-state index in [0.29, 0.717) is 37.6 Å². The molecule has 1 aliphatic rings. The fourth-order valence-electron chi connectivity index (χ4n) is 2.67. The molecular weight excluding hydrogens is 310 g/mol. The molecule has 9 heteroatoms. The Labute approximate surface area is 137 Å². The summed E-state index contributed by atoms with van der Waals surface area (Å²) in [6, 6.07) is 3.55. The third-order valence-electron chi connectivity index (χ3n) is 3.95. The molecule has 0 atom stereocenters. The van der Waals surface area contributed by atoms with E-state index >= 15 is 0 Å². The van der Waals surface area contributed by atoms with E-state index in [9.17, 15) is 4.79 Å². The number of piperazine rings is 1. The average molecular weight is 325 g/mol. The Bertz CT molecular complexity index is 808. The molecule has 122 valence electrons. The first-order valence-electron chi connectivity index (χ1n) is 7.55. The van der Waals surface area contributed by atoms with Crippen molar-refractivity contribution in [3.63, 3.8) is 0 Å². The average Bonchev–Trinajstić information content (AvgIpc) is 3.35. The predicted molar refractivity (Wildman–Crippen MR) is 83.8 cm³/mol. The minimum absolute atomic E-state index is 0.00519. The van der Waals surface area contributed by atoms with Gasteiger partial charge in [-0.15, -0.1) is 0 Å². The summed E-state index contributed by atoms with van der Waals surface area (Å²) in [4.78, 5) is 28.7.